The van der Waals surface area contributed by atoms with Gasteiger partial charge in [0.15, 0.2) is 0 Å². The molecule has 0 unspecified atom stereocenters. The fraction of sp³-hybridized carbons (Fsp3) is 0.429. The lowest BCUT2D eigenvalue weighted by Crippen LogP contribution is -2.35. The Morgan fingerprint density at radius 2 is 2.09 bits per heavy atom. The molecule has 3 rings (SSSR count). The van der Waals surface area contributed by atoms with Crippen molar-refractivity contribution in [2.75, 3.05) is 26.2 Å². The topological polar surface area (TPSA) is 45.2 Å². The molecule has 9 heteroatoms. The molecule has 4 nitrogen and oxygen atoms in total. The van der Waals surface area contributed by atoms with Crippen LogP contribution in [0.2, 0.25) is 0 Å². The van der Waals surface area contributed by atoms with E-state index in [0.717, 1.165) is 52.7 Å². The van der Waals surface area contributed by atoms with E-state index in [1.165, 1.54) is 0 Å². The summed E-state index contributed by atoms with van der Waals surface area (Å²) in [6, 6.07) is 2.07. The number of thiazole rings is 1. The molecule has 1 N–H and O–H groups in total. The number of hydrogen-bond acceptors (Lipinski definition) is 5. The normalized spacial score (nSPS) is 14.6. The van der Waals surface area contributed by atoms with E-state index in [4.69, 9.17) is 0 Å². The van der Waals surface area contributed by atoms with Crippen LogP contribution in [-0.2, 0) is 11.2 Å². The van der Waals surface area contributed by atoms with Crippen LogP contribution in [-0.4, -0.2) is 42.0 Å². The average molecular weight is 459 g/mol. The fourth-order valence-corrected chi connectivity index (χ4v) is 4.62. The summed E-state index contributed by atoms with van der Waals surface area (Å²) in [7, 11) is 0. The first kappa shape index (κ1) is 20.9. The van der Waals surface area contributed by atoms with Crippen molar-refractivity contribution in [2.45, 2.75) is 12.8 Å². The van der Waals surface area contributed by atoms with Crippen LogP contribution in [0.1, 0.15) is 12.1 Å². The molecule has 1 saturated heterocycles. The van der Waals surface area contributed by atoms with Gasteiger partial charge in [-0.1, -0.05) is 0 Å². The van der Waals surface area contributed by atoms with Crippen LogP contribution in [0.15, 0.2) is 21.3 Å². The van der Waals surface area contributed by atoms with E-state index in [0.29, 0.717) is 6.42 Å². The van der Waals surface area contributed by atoms with Gasteiger partial charge in [-0.15, -0.1) is 47.5 Å². The molecule has 1 aliphatic heterocycles. The second-order valence-corrected chi connectivity index (χ2v) is 7.62. The largest absolute Gasteiger partial charge is 0.341 e. The van der Waals surface area contributed by atoms with Crippen molar-refractivity contribution in [2.24, 2.45) is 0 Å². The molecule has 0 bridgehead atoms. The molecule has 1 aliphatic rings. The molecule has 0 atom stereocenters. The van der Waals surface area contributed by atoms with E-state index in [1.54, 1.807) is 22.7 Å². The van der Waals surface area contributed by atoms with Gasteiger partial charge in [-0.2, -0.15) is 0 Å². The van der Waals surface area contributed by atoms with Crippen molar-refractivity contribution in [3.8, 4) is 9.88 Å². The Bertz CT molecular complexity index is 627. The molecule has 128 valence electrons. The van der Waals surface area contributed by atoms with Crippen LogP contribution < -0.4 is 5.32 Å². The smallest absolute Gasteiger partial charge is 0.228 e. The van der Waals surface area contributed by atoms with Gasteiger partial charge in [0.05, 0.1) is 17.0 Å². The maximum absolute atomic E-state index is 12.3. The number of aromatic nitrogens is 1. The summed E-state index contributed by atoms with van der Waals surface area (Å²) >= 11 is 6.72. The molecule has 2 aromatic heterocycles. The molecule has 23 heavy (non-hydrogen) atoms. The summed E-state index contributed by atoms with van der Waals surface area (Å²) in [5.41, 5.74) is 0.877. The monoisotopic (exact) mass is 457 g/mol. The number of carbonyl (C=O) groups excluding carboxylic acids is 1. The quantitative estimate of drug-likeness (QED) is 0.759. The lowest BCUT2D eigenvalue weighted by atomic mass is 10.3. The lowest BCUT2D eigenvalue weighted by Gasteiger charge is -2.19. The first-order chi connectivity index (χ1) is 10.2. The van der Waals surface area contributed by atoms with Gasteiger partial charge in [0.2, 0.25) is 5.91 Å². The number of thiophene rings is 1. The predicted octanol–water partition coefficient (Wildman–Crippen LogP) is 3.84. The SMILES string of the molecule is Cl.Cl.O=C(Cc1csc(-c2cc(Br)cs2)n1)N1CCCNCC1. The summed E-state index contributed by atoms with van der Waals surface area (Å²) in [5, 5.41) is 8.35. The van der Waals surface area contributed by atoms with Gasteiger partial charge in [0, 0.05) is 34.9 Å². The van der Waals surface area contributed by atoms with Gasteiger partial charge in [-0.25, -0.2) is 4.98 Å². The first-order valence-electron chi connectivity index (χ1n) is 6.89. The van der Waals surface area contributed by atoms with Crippen molar-refractivity contribution < 1.29 is 4.79 Å². The van der Waals surface area contributed by atoms with Crippen molar-refractivity contribution in [3.05, 3.63) is 27.0 Å². The summed E-state index contributed by atoms with van der Waals surface area (Å²) in [6.07, 6.45) is 1.43. The number of nitrogens with zero attached hydrogens (tertiary/aromatic N) is 2. The highest BCUT2D eigenvalue weighted by Crippen LogP contribution is 2.32. The van der Waals surface area contributed by atoms with Crippen LogP contribution in [0.5, 0.6) is 0 Å². The van der Waals surface area contributed by atoms with E-state index in [1.807, 2.05) is 15.7 Å². The predicted molar refractivity (Wildman–Crippen MR) is 105 cm³/mol. The Morgan fingerprint density at radius 1 is 1.26 bits per heavy atom. The molecular weight excluding hydrogens is 441 g/mol. The highest BCUT2D eigenvalue weighted by atomic mass is 79.9. The van der Waals surface area contributed by atoms with E-state index in [-0.39, 0.29) is 30.7 Å². The molecule has 0 radical (unpaired) electrons. The van der Waals surface area contributed by atoms with Crippen molar-refractivity contribution in [1.29, 1.82) is 0 Å². The Labute approximate surface area is 164 Å². The Morgan fingerprint density at radius 3 is 2.83 bits per heavy atom. The zero-order valence-electron chi connectivity index (χ0n) is 12.3. The molecule has 0 spiro atoms. The number of amides is 1. The van der Waals surface area contributed by atoms with E-state index in [2.05, 4.69) is 32.3 Å². The van der Waals surface area contributed by atoms with Crippen LogP contribution in [0.25, 0.3) is 9.88 Å². The van der Waals surface area contributed by atoms with Crippen molar-refractivity contribution >= 4 is 69.3 Å². The van der Waals surface area contributed by atoms with Crippen LogP contribution in [0, 0.1) is 0 Å². The fourth-order valence-electron chi connectivity index (χ4n) is 2.29. The third-order valence-corrected chi connectivity index (χ3v) is 6.11. The highest BCUT2D eigenvalue weighted by Gasteiger charge is 2.17. The molecule has 0 aromatic carbocycles. The molecule has 2 aromatic rings. The minimum Gasteiger partial charge on any atom is -0.341 e. The molecule has 0 aliphatic carbocycles. The van der Waals surface area contributed by atoms with Crippen LogP contribution in [0.4, 0.5) is 0 Å². The number of carbonyl (C=O) groups is 1. The van der Waals surface area contributed by atoms with Gasteiger partial charge in [0.25, 0.3) is 0 Å². The molecular formula is C14H18BrCl2N3OS2. The van der Waals surface area contributed by atoms with E-state index in [9.17, 15) is 4.79 Å². The zero-order valence-corrected chi connectivity index (χ0v) is 17.1. The average Bonchev–Trinajstić information content (AvgIpc) is 3.00. The van der Waals surface area contributed by atoms with Crippen molar-refractivity contribution in [3.63, 3.8) is 0 Å². The second kappa shape index (κ2) is 9.96. The number of rotatable bonds is 3. The summed E-state index contributed by atoms with van der Waals surface area (Å²) < 4.78 is 1.08. The number of halogens is 3. The Balaban J connectivity index is 0.00000132. The van der Waals surface area contributed by atoms with Crippen LogP contribution >= 0.6 is 63.4 Å². The zero-order chi connectivity index (χ0) is 14.7. The minimum absolute atomic E-state index is 0. The number of hydrogen-bond donors (Lipinski definition) is 1. The lowest BCUT2D eigenvalue weighted by molar-refractivity contribution is -0.130. The van der Waals surface area contributed by atoms with Gasteiger partial charge in [0.1, 0.15) is 5.01 Å². The van der Waals surface area contributed by atoms with Crippen LogP contribution in [0.3, 0.4) is 0 Å². The highest BCUT2D eigenvalue weighted by molar-refractivity contribution is 9.10. The maximum atomic E-state index is 12.3. The standard InChI is InChI=1S/C14H16BrN3OS2.2ClH/c15-10-6-12(20-8-10)14-17-11(9-21-14)7-13(19)18-4-1-2-16-3-5-18;;/h6,8-9,16H,1-5,7H2;2*1H. The Kier molecular flexibility index (Phi) is 9.03. The van der Waals surface area contributed by atoms with E-state index < -0.39 is 0 Å². The van der Waals surface area contributed by atoms with Gasteiger partial charge in [-0.05, 0) is 35.0 Å². The Hall–Kier alpha value is -0.180. The van der Waals surface area contributed by atoms with Gasteiger partial charge >= 0.3 is 0 Å². The molecule has 1 amide bonds. The molecule has 3 heterocycles. The first-order valence-corrected chi connectivity index (χ1v) is 9.45. The number of nitrogens with one attached hydrogen (secondary N) is 1. The third-order valence-electron chi connectivity index (χ3n) is 3.36. The second-order valence-electron chi connectivity index (χ2n) is 4.93. The van der Waals surface area contributed by atoms with Gasteiger partial charge < -0.3 is 10.2 Å². The maximum Gasteiger partial charge on any atom is 0.228 e. The minimum atomic E-state index is 0. The third kappa shape index (κ3) is 5.69. The summed E-state index contributed by atoms with van der Waals surface area (Å²) in [5.74, 6) is 0.183. The van der Waals surface area contributed by atoms with Gasteiger partial charge in [-0.3, -0.25) is 4.79 Å². The van der Waals surface area contributed by atoms with E-state index >= 15 is 0 Å². The molecule has 1 fully saturated rings. The molecule has 0 saturated carbocycles. The van der Waals surface area contributed by atoms with Crippen molar-refractivity contribution in [1.82, 2.24) is 15.2 Å². The summed E-state index contributed by atoms with van der Waals surface area (Å²) in [6.45, 7) is 3.53. The summed E-state index contributed by atoms with van der Waals surface area (Å²) in [4.78, 5) is 20.0.